The van der Waals surface area contributed by atoms with Crippen molar-refractivity contribution in [2.24, 2.45) is 0 Å². The first-order valence-corrected chi connectivity index (χ1v) is 8.36. The molecule has 3 rings (SSSR count). The standard InChI is InChI=1S/C15H8ClF3O4S/c16-8-3-9(17)5-10(4-8)23-13-1-2-14(24(20,21)15(18)19)12-7-22-6-11(12)13/h1-7,15H. The lowest BCUT2D eigenvalue weighted by Gasteiger charge is -2.10. The molecule has 0 spiro atoms. The molecule has 1 aromatic heterocycles. The van der Waals surface area contributed by atoms with E-state index in [1.54, 1.807) is 0 Å². The SMILES string of the molecule is O=S(=O)(c1ccc(Oc2cc(F)cc(Cl)c2)c2cocc12)C(F)F. The highest BCUT2D eigenvalue weighted by Crippen LogP contribution is 2.36. The molecule has 0 N–H and O–H groups in total. The summed E-state index contributed by atoms with van der Waals surface area (Å²) in [4.78, 5) is -0.578. The average Bonchev–Trinajstić information content (AvgIpc) is 2.95. The van der Waals surface area contributed by atoms with Gasteiger partial charge in [-0.15, -0.1) is 0 Å². The minimum atomic E-state index is -4.81. The summed E-state index contributed by atoms with van der Waals surface area (Å²) < 4.78 is 72.7. The minimum Gasteiger partial charge on any atom is -0.471 e. The maximum absolute atomic E-state index is 13.3. The molecule has 0 amide bonds. The predicted octanol–water partition coefficient (Wildman–Crippen LogP) is 5.01. The number of sulfone groups is 1. The second-order valence-corrected chi connectivity index (χ2v) is 7.10. The van der Waals surface area contributed by atoms with Gasteiger partial charge in [0.05, 0.1) is 16.5 Å². The zero-order valence-corrected chi connectivity index (χ0v) is 13.2. The molecule has 0 atom stereocenters. The van der Waals surface area contributed by atoms with Crippen LogP contribution < -0.4 is 4.74 Å². The molecule has 126 valence electrons. The van der Waals surface area contributed by atoms with Gasteiger partial charge in [0.25, 0.3) is 0 Å². The number of halogens is 4. The Labute approximate surface area is 139 Å². The van der Waals surface area contributed by atoms with Crippen LogP contribution in [-0.2, 0) is 9.84 Å². The molecule has 9 heteroatoms. The molecule has 0 bridgehead atoms. The first-order chi connectivity index (χ1) is 11.3. The van der Waals surface area contributed by atoms with Crippen LogP contribution in [0.25, 0.3) is 10.8 Å². The van der Waals surface area contributed by atoms with Crippen LogP contribution in [0.5, 0.6) is 11.5 Å². The molecule has 2 aromatic carbocycles. The summed E-state index contributed by atoms with van der Waals surface area (Å²) in [6, 6.07) is 5.67. The molecule has 0 saturated heterocycles. The Balaban J connectivity index is 2.10. The van der Waals surface area contributed by atoms with Gasteiger partial charge >= 0.3 is 5.76 Å². The Morgan fingerprint density at radius 1 is 1.08 bits per heavy atom. The van der Waals surface area contributed by atoms with E-state index in [4.69, 9.17) is 20.8 Å². The summed E-state index contributed by atoms with van der Waals surface area (Å²) in [5, 5.41) is 0.192. The van der Waals surface area contributed by atoms with E-state index >= 15 is 0 Å². The number of hydrogen-bond donors (Lipinski definition) is 0. The third kappa shape index (κ3) is 2.94. The topological polar surface area (TPSA) is 56.5 Å². The molecular weight excluding hydrogens is 369 g/mol. The molecule has 0 aliphatic rings. The summed E-state index contributed by atoms with van der Waals surface area (Å²) in [6.45, 7) is 0. The number of hydrogen-bond acceptors (Lipinski definition) is 4. The van der Waals surface area contributed by atoms with Crippen LogP contribution in [0.2, 0.25) is 5.02 Å². The molecule has 4 nitrogen and oxygen atoms in total. The second-order valence-electron chi connectivity index (χ2n) is 4.77. The van der Waals surface area contributed by atoms with Gasteiger partial charge in [0.1, 0.15) is 23.6 Å². The van der Waals surface area contributed by atoms with Gasteiger partial charge in [-0.3, -0.25) is 0 Å². The smallest absolute Gasteiger partial charge is 0.341 e. The van der Waals surface area contributed by atoms with Crippen molar-refractivity contribution in [2.75, 3.05) is 0 Å². The Kier molecular flexibility index (Phi) is 4.18. The number of ether oxygens (including phenoxy) is 1. The van der Waals surface area contributed by atoms with E-state index in [0.717, 1.165) is 30.7 Å². The number of alkyl halides is 2. The highest BCUT2D eigenvalue weighted by Gasteiger charge is 2.29. The van der Waals surface area contributed by atoms with Gasteiger partial charge in [-0.1, -0.05) is 11.6 Å². The number of rotatable bonds is 4. The van der Waals surface area contributed by atoms with Crippen LogP contribution in [0.15, 0.2) is 52.2 Å². The second kappa shape index (κ2) is 6.03. The molecule has 0 unspecified atom stereocenters. The van der Waals surface area contributed by atoms with Crippen LogP contribution >= 0.6 is 11.6 Å². The Morgan fingerprint density at radius 3 is 2.46 bits per heavy atom. The maximum Gasteiger partial charge on any atom is 0.341 e. The van der Waals surface area contributed by atoms with Gasteiger partial charge in [-0.2, -0.15) is 8.78 Å². The van der Waals surface area contributed by atoms with Crippen LogP contribution in [-0.4, -0.2) is 14.2 Å². The van der Waals surface area contributed by atoms with Crippen molar-refractivity contribution in [1.82, 2.24) is 0 Å². The summed E-state index contributed by atoms with van der Waals surface area (Å²) in [5.41, 5.74) is 0. The Bertz CT molecular complexity index is 994. The molecule has 3 aromatic rings. The highest BCUT2D eigenvalue weighted by molar-refractivity contribution is 7.92. The van der Waals surface area contributed by atoms with E-state index in [2.05, 4.69) is 0 Å². The van der Waals surface area contributed by atoms with E-state index in [-0.39, 0.29) is 27.3 Å². The fraction of sp³-hybridized carbons (Fsp3) is 0.0667. The Morgan fingerprint density at radius 2 is 1.79 bits per heavy atom. The first-order valence-electron chi connectivity index (χ1n) is 6.44. The lowest BCUT2D eigenvalue weighted by atomic mass is 10.2. The molecule has 0 radical (unpaired) electrons. The molecule has 0 saturated carbocycles. The monoisotopic (exact) mass is 376 g/mol. The lowest BCUT2D eigenvalue weighted by molar-refractivity contribution is 0.235. The van der Waals surface area contributed by atoms with Gasteiger partial charge < -0.3 is 9.15 Å². The van der Waals surface area contributed by atoms with Crippen molar-refractivity contribution in [1.29, 1.82) is 0 Å². The third-order valence-corrected chi connectivity index (χ3v) is 4.84. The van der Waals surface area contributed by atoms with Crippen LogP contribution in [0.1, 0.15) is 0 Å². The van der Waals surface area contributed by atoms with Gasteiger partial charge in [-0.25, -0.2) is 12.8 Å². The first kappa shape index (κ1) is 16.7. The zero-order chi connectivity index (χ0) is 17.5. The normalized spacial score (nSPS) is 12.0. The lowest BCUT2D eigenvalue weighted by Crippen LogP contribution is -2.11. The largest absolute Gasteiger partial charge is 0.471 e. The average molecular weight is 377 g/mol. The van der Waals surface area contributed by atoms with E-state index in [1.807, 2.05) is 0 Å². The van der Waals surface area contributed by atoms with Crippen molar-refractivity contribution in [3.63, 3.8) is 0 Å². The van der Waals surface area contributed by atoms with Gasteiger partial charge in [0.2, 0.25) is 9.84 Å². The highest BCUT2D eigenvalue weighted by atomic mass is 35.5. The zero-order valence-electron chi connectivity index (χ0n) is 11.7. The summed E-state index contributed by atoms with van der Waals surface area (Å²) in [5.74, 6) is -4.03. The van der Waals surface area contributed by atoms with E-state index < -0.39 is 26.3 Å². The van der Waals surface area contributed by atoms with Crippen LogP contribution in [0.4, 0.5) is 13.2 Å². The molecule has 1 heterocycles. The van der Waals surface area contributed by atoms with Crippen LogP contribution in [0, 0.1) is 5.82 Å². The van der Waals surface area contributed by atoms with Crippen molar-refractivity contribution in [3.05, 3.63) is 53.7 Å². The minimum absolute atomic E-state index is 0.0599. The quantitative estimate of drug-likeness (QED) is 0.642. The molecule has 0 aliphatic heterocycles. The summed E-state index contributed by atoms with van der Waals surface area (Å²) in [6.07, 6.45) is 2.17. The summed E-state index contributed by atoms with van der Waals surface area (Å²) in [7, 11) is -4.81. The molecule has 0 fully saturated rings. The van der Waals surface area contributed by atoms with E-state index in [9.17, 15) is 21.6 Å². The maximum atomic E-state index is 13.3. The number of benzene rings is 2. The van der Waals surface area contributed by atoms with Gasteiger partial charge in [0.15, 0.2) is 0 Å². The van der Waals surface area contributed by atoms with Crippen LogP contribution in [0.3, 0.4) is 0 Å². The van der Waals surface area contributed by atoms with Crippen molar-refractivity contribution in [2.45, 2.75) is 10.7 Å². The fourth-order valence-corrected chi connectivity index (χ4v) is 3.28. The van der Waals surface area contributed by atoms with Crippen molar-refractivity contribution in [3.8, 4) is 11.5 Å². The molecule has 24 heavy (non-hydrogen) atoms. The number of furan rings is 1. The van der Waals surface area contributed by atoms with E-state index in [1.165, 1.54) is 12.1 Å². The van der Waals surface area contributed by atoms with Gasteiger partial charge in [0, 0.05) is 16.5 Å². The molecular formula is C15H8ClF3O4S. The number of fused-ring (bicyclic) bond motifs is 1. The van der Waals surface area contributed by atoms with Crippen molar-refractivity contribution >= 4 is 32.2 Å². The fourth-order valence-electron chi connectivity index (χ4n) is 2.16. The summed E-state index contributed by atoms with van der Waals surface area (Å²) >= 11 is 5.73. The third-order valence-electron chi connectivity index (χ3n) is 3.18. The molecule has 0 aliphatic carbocycles. The van der Waals surface area contributed by atoms with Crippen molar-refractivity contribution < 1.29 is 30.7 Å². The Hall–Kier alpha value is -2.19. The predicted molar refractivity (Wildman–Crippen MR) is 80.9 cm³/mol. The van der Waals surface area contributed by atoms with Gasteiger partial charge in [-0.05, 0) is 24.3 Å². The van der Waals surface area contributed by atoms with E-state index in [0.29, 0.717) is 0 Å².